The number of carbonyl (C=O) groups is 2. The molecule has 1 atom stereocenters. The minimum Gasteiger partial charge on any atom is -0.340 e. The van der Waals surface area contributed by atoms with Gasteiger partial charge in [-0.2, -0.15) is 11.8 Å². The molecule has 0 aromatic rings. The van der Waals surface area contributed by atoms with E-state index in [9.17, 15) is 9.59 Å². The van der Waals surface area contributed by atoms with E-state index in [1.165, 1.54) is 19.3 Å². The fourth-order valence-corrected chi connectivity index (χ4v) is 3.79. The van der Waals surface area contributed by atoms with Crippen LogP contribution in [-0.4, -0.2) is 46.8 Å². The lowest BCUT2D eigenvalue weighted by atomic mass is 9.80. The number of nitrogens with zero attached hydrogens (tertiary/aromatic N) is 1. The molecule has 1 heterocycles. The molecule has 114 valence electrons. The maximum atomic E-state index is 12.7. The van der Waals surface area contributed by atoms with Crippen molar-refractivity contribution in [1.29, 1.82) is 0 Å². The lowest BCUT2D eigenvalue weighted by molar-refractivity contribution is -0.156. The highest BCUT2D eigenvalue weighted by molar-refractivity contribution is 7.98. The Morgan fingerprint density at radius 3 is 2.50 bits per heavy atom. The smallest absolute Gasteiger partial charge is 0.248 e. The summed E-state index contributed by atoms with van der Waals surface area (Å²) in [6, 6.07) is -0.247. The number of piperazine rings is 1. The first kappa shape index (κ1) is 15.7. The minimum atomic E-state index is -0.763. The standard InChI is InChI=1S/C15H26N2O2S/c1-15(2)14(19)17(9-10-20-3)12(13(18)16-15)11-7-5-4-6-8-11/h11-12H,4-10H2,1-3H3,(H,16,18). The highest BCUT2D eigenvalue weighted by Gasteiger charge is 2.47. The second kappa shape index (κ2) is 6.37. The monoisotopic (exact) mass is 298 g/mol. The Balaban J connectivity index is 2.20. The molecule has 0 aromatic heterocycles. The summed E-state index contributed by atoms with van der Waals surface area (Å²) in [5.74, 6) is 1.34. The minimum absolute atomic E-state index is 0.0441. The molecule has 5 heteroatoms. The first-order chi connectivity index (χ1) is 9.47. The van der Waals surface area contributed by atoms with Crippen LogP contribution in [0, 0.1) is 5.92 Å². The van der Waals surface area contributed by atoms with Gasteiger partial charge in [0.1, 0.15) is 11.6 Å². The molecule has 2 aliphatic rings. The highest BCUT2D eigenvalue weighted by atomic mass is 32.2. The highest BCUT2D eigenvalue weighted by Crippen LogP contribution is 2.32. The summed E-state index contributed by atoms with van der Waals surface area (Å²) in [7, 11) is 0. The SMILES string of the molecule is CSCCN1C(=O)C(C)(C)NC(=O)C1C1CCCCC1. The third-order valence-electron chi connectivity index (χ3n) is 4.47. The Morgan fingerprint density at radius 1 is 1.25 bits per heavy atom. The summed E-state index contributed by atoms with van der Waals surface area (Å²) in [4.78, 5) is 27.0. The van der Waals surface area contributed by atoms with E-state index in [0.717, 1.165) is 18.6 Å². The fourth-order valence-electron chi connectivity index (χ4n) is 3.41. The molecule has 0 aromatic carbocycles. The van der Waals surface area contributed by atoms with Crippen LogP contribution in [0.2, 0.25) is 0 Å². The third kappa shape index (κ3) is 3.13. The van der Waals surface area contributed by atoms with Gasteiger partial charge in [-0.05, 0) is 38.9 Å². The summed E-state index contributed by atoms with van der Waals surface area (Å²) in [6.07, 6.45) is 7.80. The normalized spacial score (nSPS) is 27.6. The van der Waals surface area contributed by atoms with Gasteiger partial charge in [-0.3, -0.25) is 9.59 Å². The van der Waals surface area contributed by atoms with Gasteiger partial charge in [0.2, 0.25) is 11.8 Å². The van der Waals surface area contributed by atoms with Gasteiger partial charge in [0, 0.05) is 12.3 Å². The Hall–Kier alpha value is -0.710. The zero-order chi connectivity index (χ0) is 14.8. The molecule has 2 fully saturated rings. The molecule has 20 heavy (non-hydrogen) atoms. The summed E-state index contributed by atoms with van der Waals surface area (Å²) >= 11 is 1.72. The summed E-state index contributed by atoms with van der Waals surface area (Å²) in [6.45, 7) is 4.28. The van der Waals surface area contributed by atoms with E-state index >= 15 is 0 Å². The van der Waals surface area contributed by atoms with Crippen molar-refractivity contribution < 1.29 is 9.59 Å². The van der Waals surface area contributed by atoms with E-state index in [1.54, 1.807) is 25.6 Å². The van der Waals surface area contributed by atoms with Crippen LogP contribution in [0.1, 0.15) is 46.0 Å². The molecule has 1 N–H and O–H groups in total. The van der Waals surface area contributed by atoms with Crippen LogP contribution in [0.3, 0.4) is 0 Å². The average molecular weight is 298 g/mol. The molecular weight excluding hydrogens is 272 g/mol. The molecule has 1 aliphatic heterocycles. The Bertz CT molecular complexity index is 378. The second-order valence-electron chi connectivity index (χ2n) is 6.45. The van der Waals surface area contributed by atoms with Gasteiger partial charge in [-0.1, -0.05) is 19.3 Å². The summed E-state index contributed by atoms with van der Waals surface area (Å²) < 4.78 is 0. The van der Waals surface area contributed by atoms with Gasteiger partial charge < -0.3 is 10.2 Å². The first-order valence-electron chi connectivity index (χ1n) is 7.59. The number of thioether (sulfide) groups is 1. The Kier molecular flexibility index (Phi) is 4.99. The van der Waals surface area contributed by atoms with Crippen molar-refractivity contribution in [2.24, 2.45) is 5.92 Å². The average Bonchev–Trinajstić information content (AvgIpc) is 2.41. The maximum Gasteiger partial charge on any atom is 0.248 e. The number of rotatable bonds is 4. The van der Waals surface area contributed by atoms with Crippen molar-refractivity contribution in [1.82, 2.24) is 10.2 Å². The topological polar surface area (TPSA) is 49.4 Å². The molecule has 1 saturated heterocycles. The predicted molar refractivity (Wildman–Crippen MR) is 82.7 cm³/mol. The molecule has 4 nitrogen and oxygen atoms in total. The van der Waals surface area contributed by atoms with Crippen molar-refractivity contribution in [2.45, 2.75) is 57.5 Å². The van der Waals surface area contributed by atoms with Crippen molar-refractivity contribution >= 4 is 23.6 Å². The van der Waals surface area contributed by atoms with Crippen LogP contribution < -0.4 is 5.32 Å². The Morgan fingerprint density at radius 2 is 1.90 bits per heavy atom. The number of nitrogens with one attached hydrogen (secondary N) is 1. The predicted octanol–water partition coefficient (Wildman–Crippen LogP) is 2.04. The number of hydrogen-bond donors (Lipinski definition) is 1. The second-order valence-corrected chi connectivity index (χ2v) is 7.43. The van der Waals surface area contributed by atoms with E-state index in [4.69, 9.17) is 0 Å². The fraction of sp³-hybridized carbons (Fsp3) is 0.867. The van der Waals surface area contributed by atoms with Crippen molar-refractivity contribution in [2.75, 3.05) is 18.6 Å². The number of carbonyl (C=O) groups excluding carboxylic acids is 2. The summed E-state index contributed by atoms with van der Waals surface area (Å²) in [5.41, 5.74) is -0.763. The van der Waals surface area contributed by atoms with Crippen LogP contribution >= 0.6 is 11.8 Å². The van der Waals surface area contributed by atoms with Gasteiger partial charge >= 0.3 is 0 Å². The molecule has 2 rings (SSSR count). The van der Waals surface area contributed by atoms with Crippen molar-refractivity contribution in [3.8, 4) is 0 Å². The molecule has 1 saturated carbocycles. The van der Waals surface area contributed by atoms with E-state index in [0.29, 0.717) is 12.5 Å². The third-order valence-corrected chi connectivity index (χ3v) is 5.06. The van der Waals surface area contributed by atoms with E-state index in [2.05, 4.69) is 5.32 Å². The molecule has 1 aliphatic carbocycles. The molecule has 0 bridgehead atoms. The molecular formula is C15H26N2O2S. The van der Waals surface area contributed by atoms with E-state index in [-0.39, 0.29) is 17.9 Å². The van der Waals surface area contributed by atoms with Gasteiger partial charge in [0.05, 0.1) is 0 Å². The lowest BCUT2D eigenvalue weighted by Crippen LogP contribution is -2.70. The number of hydrogen-bond acceptors (Lipinski definition) is 3. The molecule has 0 spiro atoms. The lowest BCUT2D eigenvalue weighted by Gasteiger charge is -2.46. The van der Waals surface area contributed by atoms with Crippen LogP contribution in [-0.2, 0) is 9.59 Å². The van der Waals surface area contributed by atoms with Crippen LogP contribution in [0.25, 0.3) is 0 Å². The number of amides is 2. The molecule has 2 amide bonds. The quantitative estimate of drug-likeness (QED) is 0.864. The molecule has 1 unspecified atom stereocenters. The van der Waals surface area contributed by atoms with Gasteiger partial charge in [0.15, 0.2) is 0 Å². The Labute approximate surface area is 126 Å². The maximum absolute atomic E-state index is 12.7. The van der Waals surface area contributed by atoms with Crippen LogP contribution in [0.5, 0.6) is 0 Å². The van der Waals surface area contributed by atoms with Crippen molar-refractivity contribution in [3.05, 3.63) is 0 Å². The van der Waals surface area contributed by atoms with Crippen LogP contribution in [0.4, 0.5) is 0 Å². The zero-order valence-electron chi connectivity index (χ0n) is 12.8. The van der Waals surface area contributed by atoms with Gasteiger partial charge in [-0.15, -0.1) is 0 Å². The first-order valence-corrected chi connectivity index (χ1v) is 8.99. The van der Waals surface area contributed by atoms with Crippen molar-refractivity contribution in [3.63, 3.8) is 0 Å². The van der Waals surface area contributed by atoms with Gasteiger partial charge in [0.25, 0.3) is 0 Å². The van der Waals surface area contributed by atoms with Gasteiger partial charge in [-0.25, -0.2) is 0 Å². The zero-order valence-corrected chi connectivity index (χ0v) is 13.6. The largest absolute Gasteiger partial charge is 0.340 e. The van der Waals surface area contributed by atoms with E-state index < -0.39 is 5.54 Å². The van der Waals surface area contributed by atoms with Crippen LogP contribution in [0.15, 0.2) is 0 Å². The summed E-state index contributed by atoms with van der Waals surface area (Å²) in [5, 5.41) is 2.92. The molecule has 0 radical (unpaired) electrons. The van der Waals surface area contributed by atoms with E-state index in [1.807, 2.05) is 11.2 Å².